The average Bonchev–Trinajstić information content (AvgIpc) is 2.62. The Kier molecular flexibility index (Phi) is 2.77. The largest absolute Gasteiger partial charge is 0.375 e. The Morgan fingerprint density at radius 1 is 1.35 bits per heavy atom. The Hall–Kier alpha value is -1.36. The summed E-state index contributed by atoms with van der Waals surface area (Å²) < 4.78 is 16.4. The van der Waals surface area contributed by atoms with Crippen LogP contribution >= 0.6 is 15.9 Å². The van der Waals surface area contributed by atoms with Gasteiger partial charge >= 0.3 is 0 Å². The topological polar surface area (TPSA) is 29.9 Å². The molecule has 1 aromatic heterocycles. The van der Waals surface area contributed by atoms with Crippen molar-refractivity contribution in [3.05, 3.63) is 33.2 Å². The van der Waals surface area contributed by atoms with E-state index in [9.17, 15) is 4.39 Å². The Balaban J connectivity index is 2.45. The van der Waals surface area contributed by atoms with Crippen molar-refractivity contribution in [1.82, 2.24) is 9.78 Å². The molecular formula is C15H17BrFN3. The van der Waals surface area contributed by atoms with Crippen LogP contribution in [-0.2, 0) is 12.6 Å². The summed E-state index contributed by atoms with van der Waals surface area (Å²) in [5.74, 6) is -0.244. The van der Waals surface area contributed by atoms with E-state index < -0.39 is 0 Å². The van der Waals surface area contributed by atoms with Crippen LogP contribution in [0.5, 0.6) is 0 Å². The van der Waals surface area contributed by atoms with Gasteiger partial charge < -0.3 is 5.32 Å². The van der Waals surface area contributed by atoms with E-state index in [1.165, 1.54) is 5.56 Å². The third-order valence-corrected chi connectivity index (χ3v) is 4.96. The standard InChI is InChI=1S/C15H17BrFN3/c1-7-11-10(6-9(17)13(7)16)18-15(3,4)12-8(2)19-20(5)14(11)12/h6,18H,1-5H3. The average molecular weight is 338 g/mol. The summed E-state index contributed by atoms with van der Waals surface area (Å²) in [6.45, 7) is 8.14. The van der Waals surface area contributed by atoms with E-state index in [-0.39, 0.29) is 11.4 Å². The number of rotatable bonds is 0. The van der Waals surface area contributed by atoms with Crippen LogP contribution in [0.15, 0.2) is 10.5 Å². The van der Waals surface area contributed by atoms with Crippen LogP contribution in [0.1, 0.15) is 30.7 Å². The van der Waals surface area contributed by atoms with Crippen molar-refractivity contribution in [1.29, 1.82) is 0 Å². The molecule has 1 aliphatic heterocycles. The first-order valence-electron chi connectivity index (χ1n) is 6.55. The van der Waals surface area contributed by atoms with Gasteiger partial charge in [0.1, 0.15) is 5.82 Å². The van der Waals surface area contributed by atoms with Gasteiger partial charge in [-0.2, -0.15) is 5.10 Å². The second-order valence-electron chi connectivity index (χ2n) is 5.90. The molecule has 0 fully saturated rings. The quantitative estimate of drug-likeness (QED) is 0.778. The van der Waals surface area contributed by atoms with Crippen molar-refractivity contribution < 1.29 is 4.39 Å². The Bertz CT molecular complexity index is 731. The van der Waals surface area contributed by atoms with Crippen molar-refractivity contribution >= 4 is 21.6 Å². The van der Waals surface area contributed by atoms with Crippen LogP contribution in [0.3, 0.4) is 0 Å². The summed E-state index contributed by atoms with van der Waals surface area (Å²) in [4.78, 5) is 0. The Labute approximate surface area is 126 Å². The number of nitrogens with zero attached hydrogens (tertiary/aromatic N) is 2. The molecule has 106 valence electrons. The van der Waals surface area contributed by atoms with E-state index in [4.69, 9.17) is 0 Å². The van der Waals surface area contributed by atoms with Crippen LogP contribution in [0.4, 0.5) is 10.1 Å². The summed E-state index contributed by atoms with van der Waals surface area (Å²) in [5, 5.41) is 7.99. The third kappa shape index (κ3) is 1.65. The molecule has 0 spiro atoms. The first-order chi connectivity index (χ1) is 9.24. The molecule has 0 radical (unpaired) electrons. The SMILES string of the molecule is Cc1nn(C)c2c1C(C)(C)Nc1cc(F)c(Br)c(C)c1-2. The maximum Gasteiger partial charge on any atom is 0.139 e. The highest BCUT2D eigenvalue weighted by Crippen LogP contribution is 2.47. The van der Waals surface area contributed by atoms with Gasteiger partial charge in [0.05, 0.1) is 21.4 Å². The van der Waals surface area contributed by atoms with Crippen molar-refractivity contribution in [2.75, 3.05) is 5.32 Å². The van der Waals surface area contributed by atoms with Crippen molar-refractivity contribution in [2.45, 2.75) is 33.2 Å². The van der Waals surface area contributed by atoms with E-state index in [0.717, 1.165) is 28.2 Å². The Morgan fingerprint density at radius 3 is 2.65 bits per heavy atom. The van der Waals surface area contributed by atoms with Crippen molar-refractivity contribution in [3.63, 3.8) is 0 Å². The molecule has 1 aromatic carbocycles. The Morgan fingerprint density at radius 2 is 2.00 bits per heavy atom. The summed E-state index contributed by atoms with van der Waals surface area (Å²) in [6.07, 6.45) is 0. The minimum atomic E-state index is -0.270. The first kappa shape index (κ1) is 13.6. The first-order valence-corrected chi connectivity index (χ1v) is 7.34. The molecule has 0 unspecified atom stereocenters. The molecule has 0 saturated heterocycles. The van der Waals surface area contributed by atoms with Gasteiger partial charge in [-0.15, -0.1) is 0 Å². The predicted molar refractivity (Wildman–Crippen MR) is 82.4 cm³/mol. The maximum atomic E-state index is 14.0. The fourth-order valence-electron chi connectivity index (χ4n) is 3.25. The lowest BCUT2D eigenvalue weighted by Crippen LogP contribution is -2.32. The zero-order valence-electron chi connectivity index (χ0n) is 12.2. The number of hydrogen-bond acceptors (Lipinski definition) is 2. The molecule has 2 heterocycles. The summed E-state index contributed by atoms with van der Waals surface area (Å²) in [5.41, 5.74) is 5.72. The highest BCUT2D eigenvalue weighted by Gasteiger charge is 2.36. The van der Waals surface area contributed by atoms with E-state index in [1.807, 2.05) is 25.6 Å². The summed E-state index contributed by atoms with van der Waals surface area (Å²) in [6, 6.07) is 1.56. The van der Waals surface area contributed by atoms with Crippen LogP contribution < -0.4 is 5.32 Å². The van der Waals surface area contributed by atoms with Crippen LogP contribution in [-0.4, -0.2) is 9.78 Å². The van der Waals surface area contributed by atoms with Gasteiger partial charge in [0.25, 0.3) is 0 Å². The van der Waals surface area contributed by atoms with Gasteiger partial charge in [-0.3, -0.25) is 4.68 Å². The molecule has 0 aliphatic carbocycles. The molecule has 1 aliphatic rings. The van der Waals surface area contributed by atoms with Crippen LogP contribution in [0.25, 0.3) is 11.3 Å². The third-order valence-electron chi connectivity index (χ3n) is 3.99. The van der Waals surface area contributed by atoms with Gasteiger partial charge in [0.2, 0.25) is 0 Å². The molecule has 20 heavy (non-hydrogen) atoms. The number of nitrogens with one attached hydrogen (secondary N) is 1. The molecule has 0 saturated carbocycles. The number of hydrogen-bond donors (Lipinski definition) is 1. The van der Waals surface area contributed by atoms with Crippen molar-refractivity contribution in [2.24, 2.45) is 7.05 Å². The fraction of sp³-hybridized carbons (Fsp3) is 0.400. The van der Waals surface area contributed by atoms with E-state index in [0.29, 0.717) is 4.47 Å². The maximum absolute atomic E-state index is 14.0. The number of fused-ring (bicyclic) bond motifs is 3. The molecule has 0 bridgehead atoms. The molecule has 1 N–H and O–H groups in total. The molecule has 0 amide bonds. The number of halogens is 2. The molecule has 5 heteroatoms. The zero-order valence-corrected chi connectivity index (χ0v) is 13.8. The molecule has 0 atom stereocenters. The number of aromatic nitrogens is 2. The van der Waals surface area contributed by atoms with Crippen LogP contribution in [0, 0.1) is 19.7 Å². The van der Waals surface area contributed by atoms with E-state index in [2.05, 4.69) is 40.2 Å². The van der Waals surface area contributed by atoms with Crippen molar-refractivity contribution in [3.8, 4) is 11.3 Å². The summed E-state index contributed by atoms with van der Waals surface area (Å²) in [7, 11) is 1.94. The highest BCUT2D eigenvalue weighted by atomic mass is 79.9. The zero-order chi connectivity index (χ0) is 14.8. The lowest BCUT2D eigenvalue weighted by molar-refractivity contribution is 0.592. The minimum Gasteiger partial charge on any atom is -0.375 e. The van der Waals surface area contributed by atoms with Gasteiger partial charge in [-0.25, -0.2) is 4.39 Å². The predicted octanol–water partition coefficient (Wildman–Crippen LogP) is 4.27. The second kappa shape index (κ2) is 4.07. The monoisotopic (exact) mass is 337 g/mol. The lowest BCUT2D eigenvalue weighted by Gasteiger charge is -2.35. The smallest absolute Gasteiger partial charge is 0.139 e. The van der Waals surface area contributed by atoms with Gasteiger partial charge in [0, 0.05) is 23.9 Å². The highest BCUT2D eigenvalue weighted by molar-refractivity contribution is 9.10. The van der Waals surface area contributed by atoms with Gasteiger partial charge in [-0.1, -0.05) is 0 Å². The molecule has 3 nitrogen and oxygen atoms in total. The van der Waals surface area contributed by atoms with E-state index in [1.54, 1.807) is 6.07 Å². The molecule has 3 rings (SSSR count). The number of aryl methyl sites for hydroxylation is 2. The van der Waals surface area contributed by atoms with Gasteiger partial charge in [0.15, 0.2) is 0 Å². The number of benzene rings is 1. The minimum absolute atomic E-state index is 0.244. The molecular weight excluding hydrogens is 321 g/mol. The normalized spacial score (nSPS) is 15.6. The van der Waals surface area contributed by atoms with E-state index >= 15 is 0 Å². The summed E-state index contributed by atoms with van der Waals surface area (Å²) >= 11 is 3.34. The van der Waals surface area contributed by atoms with Gasteiger partial charge in [-0.05, 0) is 55.3 Å². The number of anilines is 1. The lowest BCUT2D eigenvalue weighted by atomic mass is 9.83. The van der Waals surface area contributed by atoms with Crippen LogP contribution in [0.2, 0.25) is 0 Å². The fourth-order valence-corrected chi connectivity index (χ4v) is 3.56. The second-order valence-corrected chi connectivity index (χ2v) is 6.70. The molecule has 2 aromatic rings.